The first-order valence-electron chi connectivity index (χ1n) is 10.7. The molecule has 184 valence electrons. The lowest BCUT2D eigenvalue weighted by Gasteiger charge is -2.40. The molecule has 0 unspecified atom stereocenters. The van der Waals surface area contributed by atoms with Crippen molar-refractivity contribution in [1.82, 2.24) is 20.9 Å². The highest BCUT2D eigenvalue weighted by atomic mass is 32.1. The summed E-state index contributed by atoms with van der Waals surface area (Å²) in [5.74, 6) is -2.36. The van der Waals surface area contributed by atoms with Crippen LogP contribution in [0.3, 0.4) is 0 Å². The molecule has 34 heavy (non-hydrogen) atoms. The zero-order valence-electron chi connectivity index (χ0n) is 18.4. The third kappa shape index (κ3) is 6.03. The number of aliphatic carboxylic acids is 1. The molecule has 1 aliphatic rings. The number of para-hydroxylation sites is 1. The summed E-state index contributed by atoms with van der Waals surface area (Å²) in [4.78, 5) is 26.6. The Morgan fingerprint density at radius 3 is 2.65 bits per heavy atom. The number of hydrogen-bond donors (Lipinski definition) is 8. The van der Waals surface area contributed by atoms with Crippen molar-refractivity contribution in [3.63, 3.8) is 0 Å². The lowest BCUT2D eigenvalue weighted by Crippen LogP contribution is -2.64. The molecule has 1 aliphatic heterocycles. The Bertz CT molecular complexity index is 1070. The quantitative estimate of drug-likeness (QED) is 0.205. The molecule has 1 aromatic carbocycles. The predicted molar refractivity (Wildman–Crippen MR) is 127 cm³/mol. The maximum absolute atomic E-state index is 11.8. The molecule has 0 saturated carbocycles. The number of rotatable bonds is 9. The number of aromatic nitrogens is 1. The Morgan fingerprint density at radius 2 is 1.97 bits per heavy atom. The Kier molecular flexibility index (Phi) is 8.45. The van der Waals surface area contributed by atoms with Crippen LogP contribution in [0, 0.1) is 0 Å². The van der Waals surface area contributed by atoms with Gasteiger partial charge in [-0.15, -0.1) is 0 Å². The van der Waals surface area contributed by atoms with Crippen molar-refractivity contribution in [2.24, 2.45) is 0 Å². The first-order valence-corrected chi connectivity index (χ1v) is 11.1. The zero-order valence-corrected chi connectivity index (χ0v) is 19.2. The van der Waals surface area contributed by atoms with Gasteiger partial charge in [0.05, 0.1) is 18.7 Å². The highest BCUT2D eigenvalue weighted by molar-refractivity contribution is 7.80. The average Bonchev–Trinajstić information content (AvgIpc) is 3.21. The fraction of sp³-hybridized carbons (Fsp3) is 0.409. The number of H-pyrrole nitrogens is 1. The van der Waals surface area contributed by atoms with Crippen molar-refractivity contribution >= 4 is 40.1 Å². The fourth-order valence-corrected chi connectivity index (χ4v) is 4.09. The van der Waals surface area contributed by atoms with Crippen molar-refractivity contribution in [2.75, 3.05) is 13.2 Å². The van der Waals surface area contributed by atoms with Crippen LogP contribution in [0.25, 0.3) is 10.9 Å². The SMILES string of the molecule is CC(=O)N[C@H]1[C@H]([C@H](O)[C@H](O)CO)OC(C(=O)O)=C[C@@H]1NC(=S)NCCc1c[nH]c2ccccc12. The third-order valence-corrected chi connectivity index (χ3v) is 5.75. The Balaban J connectivity index is 1.71. The van der Waals surface area contributed by atoms with Gasteiger partial charge in [-0.2, -0.15) is 0 Å². The van der Waals surface area contributed by atoms with E-state index in [1.54, 1.807) is 0 Å². The zero-order chi connectivity index (χ0) is 24.8. The normalized spacial score (nSPS) is 21.6. The van der Waals surface area contributed by atoms with Crippen molar-refractivity contribution in [2.45, 2.75) is 43.7 Å². The third-order valence-electron chi connectivity index (χ3n) is 5.49. The van der Waals surface area contributed by atoms with E-state index in [2.05, 4.69) is 20.9 Å². The highest BCUT2D eigenvalue weighted by Gasteiger charge is 2.43. The minimum atomic E-state index is -1.68. The van der Waals surface area contributed by atoms with E-state index in [1.807, 2.05) is 30.5 Å². The molecule has 0 saturated heterocycles. The molecule has 2 heterocycles. The molecule has 5 atom stereocenters. The second kappa shape index (κ2) is 11.3. The second-order valence-electron chi connectivity index (χ2n) is 7.92. The van der Waals surface area contributed by atoms with Crippen LogP contribution in [-0.4, -0.2) is 85.9 Å². The summed E-state index contributed by atoms with van der Waals surface area (Å²) in [6.45, 7) is 0.940. The van der Waals surface area contributed by atoms with Gasteiger partial charge in [0, 0.05) is 30.6 Å². The van der Waals surface area contributed by atoms with Gasteiger partial charge in [0.25, 0.3) is 0 Å². The average molecular weight is 493 g/mol. The number of aromatic amines is 1. The van der Waals surface area contributed by atoms with Gasteiger partial charge >= 0.3 is 5.97 Å². The van der Waals surface area contributed by atoms with Crippen LogP contribution in [0.5, 0.6) is 0 Å². The van der Waals surface area contributed by atoms with E-state index in [-0.39, 0.29) is 5.11 Å². The van der Waals surface area contributed by atoms with E-state index in [0.29, 0.717) is 13.0 Å². The predicted octanol–water partition coefficient (Wildman–Crippen LogP) is -0.871. The summed E-state index contributed by atoms with van der Waals surface area (Å²) in [5, 5.41) is 48.8. The van der Waals surface area contributed by atoms with Crippen LogP contribution in [0.15, 0.2) is 42.3 Å². The fourth-order valence-electron chi connectivity index (χ4n) is 3.85. The molecule has 0 spiro atoms. The van der Waals surface area contributed by atoms with E-state index in [4.69, 9.17) is 17.0 Å². The summed E-state index contributed by atoms with van der Waals surface area (Å²) in [6, 6.07) is 6.02. The van der Waals surface area contributed by atoms with Gasteiger partial charge in [-0.25, -0.2) is 4.79 Å². The number of carboxylic acids is 1. The number of benzene rings is 1. The molecule has 12 heteroatoms. The van der Waals surface area contributed by atoms with Crippen molar-refractivity contribution in [3.8, 4) is 0 Å². The van der Waals surface area contributed by atoms with Crippen LogP contribution in [0.4, 0.5) is 0 Å². The molecule has 2 aromatic rings. The van der Waals surface area contributed by atoms with Gasteiger partial charge in [0.2, 0.25) is 11.7 Å². The molecule has 0 fully saturated rings. The minimum Gasteiger partial charge on any atom is -0.478 e. The summed E-state index contributed by atoms with van der Waals surface area (Å²) >= 11 is 5.36. The van der Waals surface area contributed by atoms with E-state index in [1.165, 1.54) is 13.0 Å². The largest absolute Gasteiger partial charge is 0.478 e. The monoisotopic (exact) mass is 492 g/mol. The molecule has 1 amide bonds. The molecule has 0 aliphatic carbocycles. The van der Waals surface area contributed by atoms with Crippen LogP contribution in [0.1, 0.15) is 12.5 Å². The molecule has 3 rings (SSSR count). The number of aliphatic hydroxyl groups is 3. The number of fused-ring (bicyclic) bond motifs is 1. The van der Waals surface area contributed by atoms with Gasteiger partial charge in [0.1, 0.15) is 18.3 Å². The van der Waals surface area contributed by atoms with Gasteiger partial charge < -0.3 is 46.1 Å². The first kappa shape index (κ1) is 25.4. The van der Waals surface area contributed by atoms with Gasteiger partial charge in [-0.05, 0) is 36.3 Å². The summed E-state index contributed by atoms with van der Waals surface area (Å²) in [5.41, 5.74) is 2.13. The number of thiocarbonyl (C=S) groups is 1. The number of amides is 1. The van der Waals surface area contributed by atoms with E-state index in [0.717, 1.165) is 16.5 Å². The van der Waals surface area contributed by atoms with Crippen LogP contribution >= 0.6 is 12.2 Å². The van der Waals surface area contributed by atoms with Crippen molar-refractivity contribution in [3.05, 3.63) is 47.9 Å². The lowest BCUT2D eigenvalue weighted by atomic mass is 9.92. The maximum Gasteiger partial charge on any atom is 0.370 e. The minimum absolute atomic E-state index is 0.194. The number of aliphatic hydroxyl groups excluding tert-OH is 3. The van der Waals surface area contributed by atoms with Gasteiger partial charge in [-0.1, -0.05) is 18.2 Å². The van der Waals surface area contributed by atoms with Crippen LogP contribution in [0.2, 0.25) is 0 Å². The summed E-state index contributed by atoms with van der Waals surface area (Å²) in [7, 11) is 0. The molecular weight excluding hydrogens is 464 g/mol. The number of ether oxygens (including phenoxy) is 1. The standard InChI is InChI=1S/C22H28N4O7S/c1-11(28)25-18-15(8-17(21(31)32)33-20(18)19(30)16(29)10-27)26-22(34)23-7-6-12-9-24-14-5-3-2-4-13(12)14/h2-5,8-9,15-16,18-20,24,27,29-30H,6-7,10H2,1H3,(H,25,28)(H,31,32)(H2,23,26,34)/t15-,16+,18+,19+,20+/m0/s1. The lowest BCUT2D eigenvalue weighted by molar-refractivity contribution is -0.146. The summed E-state index contributed by atoms with van der Waals surface area (Å²) in [6.07, 6.45) is -0.850. The Hall–Kier alpha value is -3.19. The van der Waals surface area contributed by atoms with Gasteiger partial charge in [-0.3, -0.25) is 4.79 Å². The van der Waals surface area contributed by atoms with Crippen molar-refractivity contribution < 1.29 is 34.8 Å². The maximum atomic E-state index is 11.8. The van der Waals surface area contributed by atoms with E-state index in [9.17, 15) is 30.0 Å². The van der Waals surface area contributed by atoms with Gasteiger partial charge in [0.15, 0.2) is 5.11 Å². The van der Waals surface area contributed by atoms with Crippen molar-refractivity contribution in [1.29, 1.82) is 0 Å². The first-order chi connectivity index (χ1) is 16.2. The number of carboxylic acid groups (broad SMARTS) is 1. The van der Waals surface area contributed by atoms with E-state index >= 15 is 0 Å². The second-order valence-corrected chi connectivity index (χ2v) is 8.33. The topological polar surface area (TPSA) is 176 Å². The molecule has 1 aromatic heterocycles. The summed E-state index contributed by atoms with van der Waals surface area (Å²) < 4.78 is 5.35. The molecule has 0 bridgehead atoms. The van der Waals surface area contributed by atoms with Crippen LogP contribution < -0.4 is 16.0 Å². The highest BCUT2D eigenvalue weighted by Crippen LogP contribution is 2.23. The smallest absolute Gasteiger partial charge is 0.370 e. The number of hydrogen-bond acceptors (Lipinski definition) is 7. The number of carbonyl (C=O) groups is 2. The molecule has 11 nitrogen and oxygen atoms in total. The molecule has 8 N–H and O–H groups in total. The molecule has 0 radical (unpaired) electrons. The van der Waals surface area contributed by atoms with Crippen LogP contribution in [-0.2, 0) is 20.7 Å². The van der Waals surface area contributed by atoms with E-state index < -0.39 is 54.6 Å². The molecular formula is C22H28N4O7S. The Morgan fingerprint density at radius 1 is 1.24 bits per heavy atom. The Labute approximate surface area is 200 Å². The number of nitrogens with one attached hydrogen (secondary N) is 4. The number of carbonyl (C=O) groups excluding carboxylic acids is 1.